The summed E-state index contributed by atoms with van der Waals surface area (Å²) in [5.41, 5.74) is 5.52. The largest absolute Gasteiger partial charge is 0.478 e. The first kappa shape index (κ1) is 17.4. The molecule has 2 heterocycles. The van der Waals surface area contributed by atoms with Crippen molar-refractivity contribution < 1.29 is 14.3 Å². The Morgan fingerprint density at radius 1 is 1.04 bits per heavy atom. The number of aromatic carboxylic acids is 1. The van der Waals surface area contributed by atoms with Gasteiger partial charge in [0.15, 0.2) is 5.76 Å². The minimum atomic E-state index is -0.954. The zero-order valence-electron chi connectivity index (χ0n) is 15.1. The maximum Gasteiger partial charge on any atom is 0.335 e. The van der Waals surface area contributed by atoms with Crippen LogP contribution in [0.3, 0.4) is 0 Å². The van der Waals surface area contributed by atoms with Crippen LogP contribution in [0.5, 0.6) is 0 Å². The van der Waals surface area contributed by atoms with Crippen molar-refractivity contribution in [3.63, 3.8) is 0 Å². The average molecular weight is 368 g/mol. The molecule has 5 heteroatoms. The van der Waals surface area contributed by atoms with Crippen LogP contribution in [0.15, 0.2) is 77.4 Å². The molecule has 0 amide bonds. The number of hydrogen-bond acceptors (Lipinski definition) is 3. The second-order valence-electron chi connectivity index (χ2n) is 6.40. The van der Waals surface area contributed by atoms with Gasteiger partial charge in [-0.05, 0) is 53.6 Å². The number of furan rings is 1. The molecule has 5 nitrogen and oxygen atoms in total. The van der Waals surface area contributed by atoms with Gasteiger partial charge in [-0.3, -0.25) is 0 Å². The number of nitriles is 1. The van der Waals surface area contributed by atoms with Crippen LogP contribution in [-0.2, 0) is 7.05 Å². The SMILES string of the molecule is Cn1c(-c2ccc(C#N)cc2)cc(-c2ccc(C(=O)O)cc2)c1-c1ccco1. The fourth-order valence-corrected chi connectivity index (χ4v) is 3.32. The molecule has 0 aliphatic carbocycles. The normalized spacial score (nSPS) is 10.6. The molecule has 2 aromatic carbocycles. The molecule has 4 aromatic rings. The molecular weight excluding hydrogens is 352 g/mol. The van der Waals surface area contributed by atoms with Crippen LogP contribution in [0.2, 0.25) is 0 Å². The third-order valence-electron chi connectivity index (χ3n) is 4.74. The Kier molecular flexibility index (Phi) is 4.30. The summed E-state index contributed by atoms with van der Waals surface area (Å²) in [4.78, 5) is 11.2. The highest BCUT2D eigenvalue weighted by molar-refractivity contribution is 5.90. The summed E-state index contributed by atoms with van der Waals surface area (Å²) in [6, 6.07) is 22.1. The van der Waals surface area contributed by atoms with Gasteiger partial charge < -0.3 is 14.1 Å². The molecule has 0 saturated heterocycles. The van der Waals surface area contributed by atoms with Crippen LogP contribution in [0, 0.1) is 11.3 Å². The van der Waals surface area contributed by atoms with Crippen LogP contribution in [0.25, 0.3) is 33.8 Å². The quantitative estimate of drug-likeness (QED) is 0.538. The summed E-state index contributed by atoms with van der Waals surface area (Å²) in [5.74, 6) is -0.233. The Morgan fingerprint density at radius 2 is 1.71 bits per heavy atom. The number of carbonyl (C=O) groups is 1. The summed E-state index contributed by atoms with van der Waals surface area (Å²) >= 11 is 0. The predicted molar refractivity (Wildman–Crippen MR) is 106 cm³/mol. The molecule has 4 rings (SSSR count). The van der Waals surface area contributed by atoms with E-state index >= 15 is 0 Å². The van der Waals surface area contributed by atoms with Gasteiger partial charge in [-0.25, -0.2) is 4.79 Å². The van der Waals surface area contributed by atoms with Crippen LogP contribution in [0.4, 0.5) is 0 Å². The van der Waals surface area contributed by atoms with E-state index in [4.69, 9.17) is 14.8 Å². The van der Waals surface area contributed by atoms with Gasteiger partial charge in [-0.15, -0.1) is 0 Å². The minimum absolute atomic E-state index is 0.242. The number of nitrogens with zero attached hydrogens (tertiary/aromatic N) is 2. The highest BCUT2D eigenvalue weighted by atomic mass is 16.4. The molecule has 136 valence electrons. The summed E-state index contributed by atoms with van der Waals surface area (Å²) in [7, 11) is 1.96. The van der Waals surface area contributed by atoms with Crippen molar-refractivity contribution in [2.75, 3.05) is 0 Å². The van der Waals surface area contributed by atoms with Crippen LogP contribution < -0.4 is 0 Å². The fourth-order valence-electron chi connectivity index (χ4n) is 3.32. The molecule has 28 heavy (non-hydrogen) atoms. The maximum atomic E-state index is 11.2. The molecule has 0 aliphatic rings. The third kappa shape index (κ3) is 2.97. The molecule has 0 unspecified atom stereocenters. The Hall–Kier alpha value is -4.04. The Balaban J connectivity index is 1.89. The number of aromatic nitrogens is 1. The van der Waals surface area contributed by atoms with Crippen molar-refractivity contribution >= 4 is 5.97 Å². The second-order valence-corrected chi connectivity index (χ2v) is 6.40. The van der Waals surface area contributed by atoms with Crippen molar-refractivity contribution in [1.29, 1.82) is 5.26 Å². The number of carboxylic acids is 1. The van der Waals surface area contributed by atoms with Gasteiger partial charge in [-0.2, -0.15) is 5.26 Å². The Bertz CT molecular complexity index is 1180. The minimum Gasteiger partial charge on any atom is -0.478 e. The lowest BCUT2D eigenvalue weighted by atomic mass is 10.0. The zero-order chi connectivity index (χ0) is 19.7. The van der Waals surface area contributed by atoms with Gasteiger partial charge in [0.2, 0.25) is 0 Å². The van der Waals surface area contributed by atoms with E-state index in [-0.39, 0.29) is 5.56 Å². The smallest absolute Gasteiger partial charge is 0.335 e. The zero-order valence-corrected chi connectivity index (χ0v) is 15.1. The van der Waals surface area contributed by atoms with E-state index in [1.54, 1.807) is 42.7 Å². The van der Waals surface area contributed by atoms with E-state index in [1.165, 1.54) is 0 Å². The van der Waals surface area contributed by atoms with Gasteiger partial charge in [0, 0.05) is 18.3 Å². The lowest BCUT2D eigenvalue weighted by molar-refractivity contribution is 0.0697. The summed E-state index contributed by atoms with van der Waals surface area (Å²) in [6.07, 6.45) is 1.63. The van der Waals surface area contributed by atoms with E-state index in [2.05, 4.69) is 12.1 Å². The highest BCUT2D eigenvalue weighted by Crippen LogP contribution is 2.38. The average Bonchev–Trinajstić information content (AvgIpc) is 3.36. The molecule has 0 atom stereocenters. The van der Waals surface area contributed by atoms with Gasteiger partial charge in [0.1, 0.15) is 0 Å². The van der Waals surface area contributed by atoms with E-state index in [9.17, 15) is 4.79 Å². The molecule has 0 spiro atoms. The molecule has 0 saturated carbocycles. The number of carboxylic acid groups (broad SMARTS) is 1. The first-order valence-electron chi connectivity index (χ1n) is 8.66. The lowest BCUT2D eigenvalue weighted by Gasteiger charge is -2.08. The predicted octanol–water partition coefficient (Wildman–Crippen LogP) is 5.19. The standard InChI is InChI=1S/C23H16N2O3/c1-25-20(17-6-4-15(14-24)5-7-17)13-19(22(25)21-3-2-12-28-21)16-8-10-18(11-9-16)23(26)27/h2-13H,1H3,(H,26,27). The molecule has 1 N–H and O–H groups in total. The summed E-state index contributed by atoms with van der Waals surface area (Å²) in [5, 5.41) is 18.2. The van der Waals surface area contributed by atoms with E-state index in [0.717, 1.165) is 33.8 Å². The highest BCUT2D eigenvalue weighted by Gasteiger charge is 2.19. The van der Waals surface area contributed by atoms with Crippen molar-refractivity contribution in [2.24, 2.45) is 7.05 Å². The topological polar surface area (TPSA) is 79.2 Å². The molecule has 2 aromatic heterocycles. The number of benzene rings is 2. The molecule has 0 bridgehead atoms. The van der Waals surface area contributed by atoms with Crippen molar-refractivity contribution in [2.45, 2.75) is 0 Å². The van der Waals surface area contributed by atoms with Crippen LogP contribution >= 0.6 is 0 Å². The second kappa shape index (κ2) is 6.93. The van der Waals surface area contributed by atoms with Crippen LogP contribution in [-0.4, -0.2) is 15.6 Å². The summed E-state index contributed by atoms with van der Waals surface area (Å²) in [6.45, 7) is 0. The Labute approximate surface area is 161 Å². The van der Waals surface area contributed by atoms with Gasteiger partial charge in [0.05, 0.1) is 29.2 Å². The van der Waals surface area contributed by atoms with Crippen molar-refractivity contribution in [3.8, 4) is 39.9 Å². The Morgan fingerprint density at radius 3 is 2.29 bits per heavy atom. The first-order chi connectivity index (χ1) is 13.6. The van der Waals surface area contributed by atoms with Crippen molar-refractivity contribution in [3.05, 3.63) is 84.1 Å². The molecule has 0 aliphatic heterocycles. The molecule has 0 radical (unpaired) electrons. The monoisotopic (exact) mass is 368 g/mol. The fraction of sp³-hybridized carbons (Fsp3) is 0.0435. The molecule has 0 fully saturated rings. The van der Waals surface area contributed by atoms with E-state index in [1.807, 2.05) is 35.9 Å². The van der Waals surface area contributed by atoms with Gasteiger partial charge in [0.25, 0.3) is 0 Å². The first-order valence-corrected chi connectivity index (χ1v) is 8.66. The summed E-state index contributed by atoms with van der Waals surface area (Å²) < 4.78 is 7.69. The van der Waals surface area contributed by atoms with Crippen molar-refractivity contribution in [1.82, 2.24) is 4.57 Å². The number of rotatable bonds is 4. The van der Waals surface area contributed by atoms with E-state index < -0.39 is 5.97 Å². The van der Waals surface area contributed by atoms with Gasteiger partial charge >= 0.3 is 5.97 Å². The maximum absolute atomic E-state index is 11.2. The molecular formula is C23H16N2O3. The third-order valence-corrected chi connectivity index (χ3v) is 4.74. The van der Waals surface area contributed by atoms with Crippen LogP contribution in [0.1, 0.15) is 15.9 Å². The number of hydrogen-bond donors (Lipinski definition) is 1. The van der Waals surface area contributed by atoms with E-state index in [0.29, 0.717) is 5.56 Å². The van der Waals surface area contributed by atoms with Gasteiger partial charge in [-0.1, -0.05) is 24.3 Å². The lowest BCUT2D eigenvalue weighted by Crippen LogP contribution is -1.96.